The van der Waals surface area contributed by atoms with Crippen molar-refractivity contribution in [3.63, 3.8) is 0 Å². The minimum absolute atomic E-state index is 0.734. The summed E-state index contributed by atoms with van der Waals surface area (Å²) >= 11 is 8.18. The van der Waals surface area contributed by atoms with Crippen LogP contribution in [0.25, 0.3) is 11.3 Å². The molecule has 0 amide bonds. The van der Waals surface area contributed by atoms with Gasteiger partial charge in [-0.25, -0.2) is 4.98 Å². The topological polar surface area (TPSA) is 26.0 Å². The van der Waals surface area contributed by atoms with E-state index in [4.69, 9.17) is 16.0 Å². The molecule has 0 aliphatic carbocycles. The third kappa shape index (κ3) is 2.98. The van der Waals surface area contributed by atoms with Gasteiger partial charge in [0.1, 0.15) is 12.0 Å². The van der Waals surface area contributed by atoms with Gasteiger partial charge in [0.15, 0.2) is 5.89 Å². The number of oxazole rings is 1. The lowest BCUT2D eigenvalue weighted by Crippen LogP contribution is -1.86. The van der Waals surface area contributed by atoms with Crippen LogP contribution in [0.1, 0.15) is 12.3 Å². The van der Waals surface area contributed by atoms with E-state index >= 15 is 0 Å². The van der Waals surface area contributed by atoms with Crippen molar-refractivity contribution in [1.82, 2.24) is 4.98 Å². The Hall–Kier alpha value is -0.550. The first-order valence-corrected chi connectivity index (χ1v) is 6.96. The molecule has 0 aliphatic rings. The van der Waals surface area contributed by atoms with E-state index in [1.807, 2.05) is 24.3 Å². The van der Waals surface area contributed by atoms with Crippen molar-refractivity contribution in [3.05, 3.63) is 41.4 Å². The summed E-state index contributed by atoms with van der Waals surface area (Å²) in [4.78, 5) is 4.43. The van der Waals surface area contributed by atoms with Crippen LogP contribution in [0, 0.1) is 0 Å². The molecule has 0 aliphatic heterocycles. The molecule has 0 fully saturated rings. The van der Waals surface area contributed by atoms with Crippen LogP contribution in [0.5, 0.6) is 0 Å². The van der Waals surface area contributed by atoms with Crippen LogP contribution >= 0.6 is 34.2 Å². The maximum absolute atomic E-state index is 5.83. The van der Waals surface area contributed by atoms with Gasteiger partial charge in [-0.3, -0.25) is 0 Å². The second-order valence-corrected chi connectivity index (χ2v) is 4.94. The van der Waals surface area contributed by atoms with Crippen molar-refractivity contribution in [2.75, 3.05) is 4.43 Å². The average Bonchev–Trinajstić information content (AvgIpc) is 2.76. The number of aromatic nitrogens is 1. The summed E-state index contributed by atoms with van der Waals surface area (Å²) in [6.45, 7) is 0. The molecule has 84 valence electrons. The van der Waals surface area contributed by atoms with Gasteiger partial charge in [0.25, 0.3) is 0 Å². The second kappa shape index (κ2) is 5.68. The van der Waals surface area contributed by atoms with Gasteiger partial charge in [0.2, 0.25) is 0 Å². The minimum Gasteiger partial charge on any atom is -0.448 e. The summed E-state index contributed by atoms with van der Waals surface area (Å²) < 4.78 is 6.53. The number of halogens is 2. The Morgan fingerprint density at radius 1 is 1.25 bits per heavy atom. The van der Waals surface area contributed by atoms with Gasteiger partial charge in [-0.15, -0.1) is 0 Å². The van der Waals surface area contributed by atoms with E-state index in [9.17, 15) is 0 Å². The van der Waals surface area contributed by atoms with Crippen molar-refractivity contribution in [3.8, 4) is 11.3 Å². The summed E-state index contributed by atoms with van der Waals surface area (Å²) in [5.41, 5.74) is 1.91. The minimum atomic E-state index is 0.734. The number of hydrogen-bond acceptors (Lipinski definition) is 2. The quantitative estimate of drug-likeness (QED) is 0.606. The molecule has 1 heterocycles. The zero-order chi connectivity index (χ0) is 11.4. The molecule has 2 aromatic rings. The molecule has 0 atom stereocenters. The van der Waals surface area contributed by atoms with Crippen LogP contribution < -0.4 is 0 Å². The Morgan fingerprint density at radius 2 is 2.00 bits per heavy atom. The van der Waals surface area contributed by atoms with E-state index < -0.39 is 0 Å². The Kier molecular flexibility index (Phi) is 4.23. The fourth-order valence-corrected chi connectivity index (χ4v) is 1.90. The predicted octanol–water partition coefficient (Wildman–Crippen LogP) is 4.36. The van der Waals surface area contributed by atoms with Crippen molar-refractivity contribution in [1.29, 1.82) is 0 Å². The monoisotopic (exact) mass is 347 g/mol. The molecule has 0 bridgehead atoms. The van der Waals surface area contributed by atoms with Crippen LogP contribution in [0.2, 0.25) is 5.02 Å². The van der Waals surface area contributed by atoms with Gasteiger partial charge in [0, 0.05) is 21.4 Å². The SMILES string of the molecule is Clc1ccc(-c2coc(CCCI)n2)cc1. The molecule has 2 nitrogen and oxygen atoms in total. The Morgan fingerprint density at radius 3 is 2.69 bits per heavy atom. The Bertz CT molecular complexity index is 452. The van der Waals surface area contributed by atoms with E-state index in [1.165, 1.54) is 0 Å². The molecule has 0 saturated heterocycles. The fraction of sp³-hybridized carbons (Fsp3) is 0.250. The average molecular weight is 348 g/mol. The van der Waals surface area contributed by atoms with Crippen LogP contribution in [-0.2, 0) is 6.42 Å². The summed E-state index contributed by atoms with van der Waals surface area (Å²) in [5, 5.41) is 0.734. The molecule has 1 aromatic carbocycles. The highest BCUT2D eigenvalue weighted by Crippen LogP contribution is 2.21. The molecule has 4 heteroatoms. The molecule has 0 radical (unpaired) electrons. The number of hydrogen-bond donors (Lipinski definition) is 0. The summed E-state index contributed by atoms with van der Waals surface area (Å²) in [6.07, 6.45) is 3.70. The van der Waals surface area contributed by atoms with Crippen molar-refractivity contribution >= 4 is 34.2 Å². The normalized spacial score (nSPS) is 10.6. The first-order chi connectivity index (χ1) is 7.79. The van der Waals surface area contributed by atoms with E-state index in [0.717, 1.165) is 39.4 Å². The van der Waals surface area contributed by atoms with Crippen LogP contribution in [0.15, 0.2) is 34.9 Å². The van der Waals surface area contributed by atoms with Crippen LogP contribution in [0.3, 0.4) is 0 Å². The van der Waals surface area contributed by atoms with Gasteiger partial charge >= 0.3 is 0 Å². The van der Waals surface area contributed by atoms with Gasteiger partial charge in [-0.2, -0.15) is 0 Å². The van der Waals surface area contributed by atoms with Crippen molar-refractivity contribution in [2.24, 2.45) is 0 Å². The standard InChI is InChI=1S/C12H11ClINO/c13-10-5-3-9(4-6-10)11-8-16-12(15-11)2-1-7-14/h3-6,8H,1-2,7H2. The number of nitrogens with zero attached hydrogens (tertiary/aromatic N) is 1. The molecule has 0 N–H and O–H groups in total. The second-order valence-electron chi connectivity index (χ2n) is 3.43. The smallest absolute Gasteiger partial charge is 0.194 e. The maximum Gasteiger partial charge on any atom is 0.194 e. The van der Waals surface area contributed by atoms with Crippen LogP contribution in [-0.4, -0.2) is 9.41 Å². The molecule has 1 aromatic heterocycles. The van der Waals surface area contributed by atoms with Crippen LogP contribution in [0.4, 0.5) is 0 Å². The number of alkyl halides is 1. The van der Waals surface area contributed by atoms with Gasteiger partial charge in [0.05, 0.1) is 0 Å². The summed E-state index contributed by atoms with van der Waals surface area (Å²) in [6, 6.07) is 7.61. The third-order valence-electron chi connectivity index (χ3n) is 2.22. The highest BCUT2D eigenvalue weighted by molar-refractivity contribution is 14.1. The molecular weight excluding hydrogens is 336 g/mol. The summed E-state index contributed by atoms with van der Waals surface area (Å²) in [5.74, 6) is 0.807. The van der Waals surface area contributed by atoms with E-state index in [-0.39, 0.29) is 0 Å². The number of benzene rings is 1. The maximum atomic E-state index is 5.83. The molecule has 16 heavy (non-hydrogen) atoms. The summed E-state index contributed by atoms with van der Waals surface area (Å²) in [7, 11) is 0. The lowest BCUT2D eigenvalue weighted by Gasteiger charge is -1.94. The molecule has 2 rings (SSSR count). The largest absolute Gasteiger partial charge is 0.448 e. The molecular formula is C12H11ClINO. The number of rotatable bonds is 4. The fourth-order valence-electron chi connectivity index (χ4n) is 1.40. The first-order valence-electron chi connectivity index (χ1n) is 5.06. The third-order valence-corrected chi connectivity index (χ3v) is 3.23. The van der Waals surface area contributed by atoms with Gasteiger partial charge in [-0.1, -0.05) is 46.3 Å². The van der Waals surface area contributed by atoms with E-state index in [0.29, 0.717) is 0 Å². The van der Waals surface area contributed by atoms with Gasteiger partial charge in [-0.05, 0) is 18.6 Å². The Balaban J connectivity index is 2.15. The predicted molar refractivity (Wildman–Crippen MR) is 74.2 cm³/mol. The highest BCUT2D eigenvalue weighted by Gasteiger charge is 2.05. The zero-order valence-electron chi connectivity index (χ0n) is 8.62. The lowest BCUT2D eigenvalue weighted by atomic mass is 10.2. The van der Waals surface area contributed by atoms with Crippen molar-refractivity contribution < 1.29 is 4.42 Å². The molecule has 0 spiro atoms. The Labute approximate surface area is 113 Å². The first kappa shape index (κ1) is 11.9. The molecule has 0 unspecified atom stereocenters. The van der Waals surface area contributed by atoms with E-state index in [2.05, 4.69) is 27.6 Å². The van der Waals surface area contributed by atoms with E-state index in [1.54, 1.807) is 6.26 Å². The number of aryl methyl sites for hydroxylation is 1. The van der Waals surface area contributed by atoms with Gasteiger partial charge < -0.3 is 4.42 Å². The zero-order valence-corrected chi connectivity index (χ0v) is 11.5. The lowest BCUT2D eigenvalue weighted by molar-refractivity contribution is 0.493. The van der Waals surface area contributed by atoms with Crippen molar-refractivity contribution in [2.45, 2.75) is 12.8 Å². The molecule has 0 saturated carbocycles. The highest BCUT2D eigenvalue weighted by atomic mass is 127.